The van der Waals surface area contributed by atoms with E-state index in [0.29, 0.717) is 6.67 Å². The number of hydrogen-bond acceptors (Lipinski definition) is 4. The molecule has 0 saturated heterocycles. The number of aliphatic imine (C=N–C) groups is 3. The average Bonchev–Trinajstić information content (AvgIpc) is 2.05. The topological polar surface area (TPSA) is 49.1 Å². The lowest BCUT2D eigenvalue weighted by Gasteiger charge is -2.22. The van der Waals surface area contributed by atoms with Crippen LogP contribution in [0.5, 0.6) is 0 Å². The summed E-state index contributed by atoms with van der Waals surface area (Å²) in [6, 6.07) is 0. The highest BCUT2D eigenvalue weighted by molar-refractivity contribution is 8.93. The Morgan fingerprint density at radius 1 is 1.36 bits per heavy atom. The largest absolute Gasteiger partial charge is 0.281 e. The second kappa shape index (κ2) is 3.73. The molecule has 2 unspecified atom stereocenters. The fourth-order valence-corrected chi connectivity index (χ4v) is 1.06. The Morgan fingerprint density at radius 2 is 2.27 bits per heavy atom. The Kier molecular flexibility index (Phi) is 2.90. The molecule has 4 nitrogen and oxygen atoms in total. The highest BCUT2D eigenvalue weighted by Crippen LogP contribution is 2.06. The lowest BCUT2D eigenvalue weighted by Crippen LogP contribution is -2.41. The highest BCUT2D eigenvalue weighted by Gasteiger charge is 2.20. The number of rotatable bonds is 0. The SMILES string of the molecule is Br.C1=NC=NC2NCN=CC12. The molecule has 2 rings (SSSR count). The molecular weight excluding hydrogens is 208 g/mol. The van der Waals surface area contributed by atoms with Crippen LogP contribution in [-0.4, -0.2) is 31.6 Å². The quantitative estimate of drug-likeness (QED) is 0.621. The molecule has 0 fully saturated rings. The second-order valence-corrected chi connectivity index (χ2v) is 2.28. The van der Waals surface area contributed by atoms with Crippen molar-refractivity contribution in [1.29, 1.82) is 0 Å². The zero-order chi connectivity index (χ0) is 6.81. The highest BCUT2D eigenvalue weighted by atomic mass is 79.9. The van der Waals surface area contributed by atoms with Crippen molar-refractivity contribution < 1.29 is 0 Å². The van der Waals surface area contributed by atoms with Gasteiger partial charge in [0, 0.05) is 12.4 Å². The van der Waals surface area contributed by atoms with Crippen molar-refractivity contribution in [1.82, 2.24) is 5.32 Å². The Labute approximate surface area is 75.3 Å². The van der Waals surface area contributed by atoms with Gasteiger partial charge in [-0.3, -0.25) is 15.3 Å². The first-order valence-electron chi connectivity index (χ1n) is 3.25. The summed E-state index contributed by atoms with van der Waals surface area (Å²) >= 11 is 0. The van der Waals surface area contributed by atoms with Crippen LogP contribution >= 0.6 is 17.0 Å². The molecule has 0 saturated carbocycles. The van der Waals surface area contributed by atoms with E-state index in [0.717, 1.165) is 0 Å². The van der Waals surface area contributed by atoms with Crippen LogP contribution in [0.2, 0.25) is 0 Å². The van der Waals surface area contributed by atoms with Crippen molar-refractivity contribution >= 4 is 35.7 Å². The zero-order valence-corrected chi connectivity index (χ0v) is 7.56. The van der Waals surface area contributed by atoms with E-state index in [9.17, 15) is 0 Å². The van der Waals surface area contributed by atoms with E-state index in [2.05, 4.69) is 20.3 Å². The Hall–Kier alpha value is -0.550. The predicted octanol–water partition coefficient (Wildman–Crippen LogP) is 0.251. The van der Waals surface area contributed by atoms with Gasteiger partial charge in [0.2, 0.25) is 0 Å². The molecule has 0 aliphatic carbocycles. The fourth-order valence-electron chi connectivity index (χ4n) is 1.06. The van der Waals surface area contributed by atoms with E-state index in [1.807, 2.05) is 12.4 Å². The third kappa shape index (κ3) is 1.72. The van der Waals surface area contributed by atoms with Crippen molar-refractivity contribution in [2.24, 2.45) is 20.9 Å². The monoisotopic (exact) mass is 216 g/mol. The van der Waals surface area contributed by atoms with E-state index < -0.39 is 0 Å². The molecule has 60 valence electrons. The summed E-state index contributed by atoms with van der Waals surface area (Å²) in [4.78, 5) is 12.1. The third-order valence-electron chi connectivity index (χ3n) is 1.59. The summed E-state index contributed by atoms with van der Waals surface area (Å²) in [7, 11) is 0. The molecule has 5 heteroatoms. The van der Waals surface area contributed by atoms with Gasteiger partial charge in [0.1, 0.15) is 12.5 Å². The summed E-state index contributed by atoms with van der Waals surface area (Å²) in [5.74, 6) is 0.263. The molecule has 0 aromatic carbocycles. The first kappa shape index (κ1) is 8.55. The molecule has 1 N–H and O–H groups in total. The van der Waals surface area contributed by atoms with E-state index in [-0.39, 0.29) is 29.1 Å². The smallest absolute Gasteiger partial charge is 0.115 e. The molecule has 0 aromatic heterocycles. The molecule has 0 amide bonds. The minimum absolute atomic E-state index is 0. The molecule has 0 radical (unpaired) electrons. The molecule has 0 aromatic rings. The van der Waals surface area contributed by atoms with Gasteiger partial charge in [-0.2, -0.15) is 0 Å². The first-order chi connectivity index (χ1) is 4.97. The van der Waals surface area contributed by atoms with Crippen LogP contribution in [0.25, 0.3) is 0 Å². The summed E-state index contributed by atoms with van der Waals surface area (Å²) in [5.41, 5.74) is 0. The summed E-state index contributed by atoms with van der Waals surface area (Å²) in [5, 5.41) is 3.13. The van der Waals surface area contributed by atoms with E-state index in [1.54, 1.807) is 6.34 Å². The summed E-state index contributed by atoms with van der Waals surface area (Å²) < 4.78 is 0. The number of hydrogen-bond donors (Lipinski definition) is 1. The summed E-state index contributed by atoms with van der Waals surface area (Å²) in [6.07, 6.45) is 5.50. The van der Waals surface area contributed by atoms with Gasteiger partial charge in [0.15, 0.2) is 0 Å². The third-order valence-corrected chi connectivity index (χ3v) is 1.59. The van der Waals surface area contributed by atoms with Gasteiger partial charge in [-0.1, -0.05) is 0 Å². The lowest BCUT2D eigenvalue weighted by molar-refractivity contribution is 0.498. The van der Waals surface area contributed by atoms with Crippen LogP contribution in [-0.2, 0) is 0 Å². The Bertz CT molecular complexity index is 211. The van der Waals surface area contributed by atoms with Crippen molar-refractivity contribution in [3.8, 4) is 0 Å². The van der Waals surface area contributed by atoms with E-state index in [4.69, 9.17) is 0 Å². The molecule has 2 heterocycles. The van der Waals surface area contributed by atoms with Gasteiger partial charge in [0.05, 0.1) is 12.6 Å². The van der Waals surface area contributed by atoms with E-state index >= 15 is 0 Å². The maximum absolute atomic E-state index is 4.13. The number of nitrogens with zero attached hydrogens (tertiary/aromatic N) is 3. The fraction of sp³-hybridized carbons (Fsp3) is 0.500. The van der Waals surface area contributed by atoms with Crippen molar-refractivity contribution in [2.75, 3.05) is 6.67 Å². The zero-order valence-electron chi connectivity index (χ0n) is 5.84. The maximum Gasteiger partial charge on any atom is 0.115 e. The molecular formula is C6H9BrN4. The van der Waals surface area contributed by atoms with Crippen LogP contribution in [0.1, 0.15) is 0 Å². The van der Waals surface area contributed by atoms with Gasteiger partial charge in [-0.05, 0) is 0 Å². The van der Waals surface area contributed by atoms with Crippen LogP contribution in [0.3, 0.4) is 0 Å². The van der Waals surface area contributed by atoms with Gasteiger partial charge in [-0.25, -0.2) is 4.99 Å². The van der Waals surface area contributed by atoms with Gasteiger partial charge in [-0.15, -0.1) is 17.0 Å². The molecule has 0 spiro atoms. The molecule has 2 aliphatic heterocycles. The van der Waals surface area contributed by atoms with Crippen molar-refractivity contribution in [3.05, 3.63) is 0 Å². The van der Waals surface area contributed by atoms with Gasteiger partial charge >= 0.3 is 0 Å². The number of halogens is 1. The van der Waals surface area contributed by atoms with Crippen LogP contribution in [0.4, 0.5) is 0 Å². The van der Waals surface area contributed by atoms with Crippen LogP contribution < -0.4 is 5.32 Å². The molecule has 2 aliphatic rings. The standard InChI is InChI=1S/C6H8N4.BrH/c1-5-2-8-4-10-6(5)9-3-7-1;/h1-3,5-6,10H,4H2;1H. The molecule has 2 atom stereocenters. The van der Waals surface area contributed by atoms with Crippen LogP contribution in [0.15, 0.2) is 15.0 Å². The van der Waals surface area contributed by atoms with Gasteiger partial charge < -0.3 is 0 Å². The maximum atomic E-state index is 4.13. The number of nitrogens with one attached hydrogen (secondary N) is 1. The summed E-state index contributed by atoms with van der Waals surface area (Å²) in [6.45, 7) is 0.673. The minimum atomic E-state index is 0. The molecule has 11 heavy (non-hydrogen) atoms. The molecule has 0 bridgehead atoms. The first-order valence-corrected chi connectivity index (χ1v) is 3.25. The Morgan fingerprint density at radius 3 is 3.09 bits per heavy atom. The normalized spacial score (nSPS) is 32.7. The minimum Gasteiger partial charge on any atom is -0.281 e. The van der Waals surface area contributed by atoms with Crippen LogP contribution in [0, 0.1) is 5.92 Å². The lowest BCUT2D eigenvalue weighted by atomic mass is 10.1. The number of fused-ring (bicyclic) bond motifs is 1. The average molecular weight is 217 g/mol. The van der Waals surface area contributed by atoms with Crippen molar-refractivity contribution in [3.63, 3.8) is 0 Å². The Balaban J connectivity index is 0.000000605. The predicted molar refractivity (Wildman–Crippen MR) is 51.1 cm³/mol. The van der Waals surface area contributed by atoms with Crippen molar-refractivity contribution in [2.45, 2.75) is 6.17 Å². The van der Waals surface area contributed by atoms with E-state index in [1.165, 1.54) is 0 Å². The van der Waals surface area contributed by atoms with Gasteiger partial charge in [0.25, 0.3) is 0 Å². The second-order valence-electron chi connectivity index (χ2n) is 2.28.